The lowest BCUT2D eigenvalue weighted by Gasteiger charge is -2.28. The molecule has 0 rings (SSSR count). The summed E-state index contributed by atoms with van der Waals surface area (Å²) in [5, 5.41) is 0. The van der Waals surface area contributed by atoms with Gasteiger partial charge in [-0.1, -0.05) is 13.8 Å². The number of ether oxygens (including phenoxy) is 7. The van der Waals surface area contributed by atoms with Crippen LogP contribution in [0, 0.1) is 0 Å². The first-order chi connectivity index (χ1) is 18.7. The van der Waals surface area contributed by atoms with Gasteiger partial charge in [0.1, 0.15) is 0 Å². The van der Waals surface area contributed by atoms with E-state index in [4.69, 9.17) is 23.7 Å². The van der Waals surface area contributed by atoms with E-state index in [1.165, 1.54) is 13.8 Å². The third-order valence-corrected chi connectivity index (χ3v) is 5.67. The molecule has 0 amide bonds. The molecule has 0 bridgehead atoms. The number of hydrogen-bond donors (Lipinski definition) is 0. The average molecular weight is 623 g/mol. The molecule has 7 nitrogen and oxygen atoms in total. The summed E-state index contributed by atoms with van der Waals surface area (Å²) >= 11 is 0. The fraction of sp³-hybridized carbons (Fsp3) is 1.00. The van der Waals surface area contributed by atoms with E-state index in [0.29, 0.717) is 0 Å². The molecule has 15 heteroatoms. The van der Waals surface area contributed by atoms with Gasteiger partial charge in [-0.15, -0.1) is 0 Å². The highest BCUT2D eigenvalue weighted by atomic mass is 19.3. The summed E-state index contributed by atoms with van der Waals surface area (Å²) in [6.45, 7) is 10.6. The first-order valence-electron chi connectivity index (χ1n) is 13.6. The average Bonchev–Trinajstić information content (AvgIpc) is 2.89. The zero-order chi connectivity index (χ0) is 32.1. The van der Waals surface area contributed by atoms with Crippen LogP contribution in [0.2, 0.25) is 0 Å². The fourth-order valence-electron chi connectivity index (χ4n) is 2.85. The predicted octanol–water partition coefficient (Wildman–Crippen LogP) is 6.71. The maximum atomic E-state index is 13.5. The van der Waals surface area contributed by atoms with Crippen LogP contribution in [0.4, 0.5) is 35.1 Å². The predicted molar refractivity (Wildman–Crippen MR) is 134 cm³/mol. The van der Waals surface area contributed by atoms with Crippen molar-refractivity contribution in [2.75, 3.05) is 39.6 Å². The number of alkyl halides is 8. The molecule has 0 aromatic heterocycles. The van der Waals surface area contributed by atoms with Crippen molar-refractivity contribution in [1.29, 1.82) is 0 Å². The van der Waals surface area contributed by atoms with E-state index in [9.17, 15) is 35.1 Å². The van der Waals surface area contributed by atoms with Gasteiger partial charge < -0.3 is 33.2 Å². The lowest BCUT2D eigenvalue weighted by Crippen LogP contribution is -2.45. The van der Waals surface area contributed by atoms with E-state index in [2.05, 4.69) is 9.47 Å². The van der Waals surface area contributed by atoms with Gasteiger partial charge in [0.05, 0.1) is 76.3 Å². The monoisotopic (exact) mass is 622 g/mol. The number of hydrogen-bond acceptors (Lipinski definition) is 7. The van der Waals surface area contributed by atoms with Crippen molar-refractivity contribution < 1.29 is 68.3 Å². The van der Waals surface area contributed by atoms with Gasteiger partial charge in [-0.05, 0) is 41.5 Å². The Balaban J connectivity index is 4.14. The lowest BCUT2D eigenvalue weighted by molar-refractivity contribution is -0.363. The third-order valence-electron chi connectivity index (χ3n) is 5.67. The second-order valence-corrected chi connectivity index (χ2v) is 10.1. The van der Waals surface area contributed by atoms with Crippen molar-refractivity contribution >= 4 is 0 Å². The maximum Gasteiger partial charge on any atom is 0.419 e. The highest BCUT2D eigenvalue weighted by molar-refractivity contribution is 4.77. The van der Waals surface area contributed by atoms with Crippen molar-refractivity contribution in [2.24, 2.45) is 0 Å². The molecule has 6 atom stereocenters. The van der Waals surface area contributed by atoms with Crippen LogP contribution in [0.5, 0.6) is 0 Å². The highest BCUT2D eigenvalue weighted by Gasteiger charge is 2.57. The summed E-state index contributed by atoms with van der Waals surface area (Å²) in [6.07, 6.45) is -15.2. The Morgan fingerprint density at radius 3 is 1.00 bits per heavy atom. The molecule has 0 aliphatic heterocycles. The molecule has 0 aromatic carbocycles. The van der Waals surface area contributed by atoms with Crippen molar-refractivity contribution in [1.82, 2.24) is 0 Å². The maximum absolute atomic E-state index is 13.5. The van der Waals surface area contributed by atoms with E-state index < -0.39 is 67.9 Å². The van der Waals surface area contributed by atoms with Gasteiger partial charge in [0.2, 0.25) is 0 Å². The Labute approximate surface area is 237 Å². The van der Waals surface area contributed by atoms with Gasteiger partial charge >= 0.3 is 24.1 Å². The molecule has 0 N–H and O–H groups in total. The van der Waals surface area contributed by atoms with Gasteiger partial charge in [-0.2, -0.15) is 35.1 Å². The van der Waals surface area contributed by atoms with Gasteiger partial charge in [0.25, 0.3) is 0 Å². The molecule has 0 radical (unpaired) electrons. The van der Waals surface area contributed by atoms with Gasteiger partial charge in [-0.25, -0.2) is 0 Å². The summed E-state index contributed by atoms with van der Waals surface area (Å²) < 4.78 is 143. The SMILES string of the molecule is CCC(F)(F)C(F)(F)OCC(C)OCC(C)OCC(C)OCC(C)OCC(C)OCC(C)OC(F)(F)C(F)(F)CC. The Kier molecular flexibility index (Phi) is 17.7. The summed E-state index contributed by atoms with van der Waals surface area (Å²) in [6, 6.07) is 0. The van der Waals surface area contributed by atoms with Crippen LogP contribution in [0.3, 0.4) is 0 Å². The smallest absolute Gasteiger partial charge is 0.373 e. The normalized spacial score (nSPS) is 18.1. The van der Waals surface area contributed by atoms with E-state index >= 15 is 0 Å². The molecule has 0 heterocycles. The third kappa shape index (κ3) is 15.5. The Hall–Kier alpha value is -0.840. The molecule has 0 fully saturated rings. The Morgan fingerprint density at radius 2 is 0.683 bits per heavy atom. The van der Waals surface area contributed by atoms with E-state index in [-0.39, 0.29) is 45.2 Å². The minimum atomic E-state index is -4.61. The van der Waals surface area contributed by atoms with Crippen molar-refractivity contribution in [3.8, 4) is 0 Å². The van der Waals surface area contributed by atoms with Crippen molar-refractivity contribution in [3.63, 3.8) is 0 Å². The summed E-state index contributed by atoms with van der Waals surface area (Å²) in [4.78, 5) is 0. The zero-order valence-corrected chi connectivity index (χ0v) is 25.0. The molecule has 0 saturated heterocycles. The first kappa shape index (κ1) is 40.2. The molecule has 0 aliphatic carbocycles. The van der Waals surface area contributed by atoms with Crippen LogP contribution in [-0.4, -0.2) is 100 Å². The van der Waals surface area contributed by atoms with Crippen LogP contribution in [0.1, 0.15) is 68.2 Å². The largest absolute Gasteiger partial charge is 0.419 e. The van der Waals surface area contributed by atoms with Crippen LogP contribution in [0.15, 0.2) is 0 Å². The Morgan fingerprint density at radius 1 is 0.415 bits per heavy atom. The lowest BCUT2D eigenvalue weighted by atomic mass is 10.2. The summed E-state index contributed by atoms with van der Waals surface area (Å²) in [5.74, 6) is -8.56. The topological polar surface area (TPSA) is 64.6 Å². The first-order valence-corrected chi connectivity index (χ1v) is 13.6. The summed E-state index contributed by atoms with van der Waals surface area (Å²) in [7, 11) is 0. The van der Waals surface area contributed by atoms with Gasteiger partial charge in [0, 0.05) is 12.8 Å². The van der Waals surface area contributed by atoms with Crippen LogP contribution >= 0.6 is 0 Å². The molecule has 0 aliphatic rings. The van der Waals surface area contributed by atoms with Crippen LogP contribution in [-0.2, 0) is 33.2 Å². The van der Waals surface area contributed by atoms with E-state index in [0.717, 1.165) is 13.8 Å². The van der Waals surface area contributed by atoms with Crippen LogP contribution < -0.4 is 0 Å². The number of halogens is 8. The quantitative estimate of drug-likeness (QED) is 0.111. The minimum absolute atomic E-state index is 0.00667. The summed E-state index contributed by atoms with van der Waals surface area (Å²) in [5.41, 5.74) is 0. The van der Waals surface area contributed by atoms with Crippen molar-refractivity contribution in [2.45, 2.75) is 129 Å². The molecular weight excluding hydrogens is 576 g/mol. The molecule has 0 spiro atoms. The van der Waals surface area contributed by atoms with E-state index in [1.54, 1.807) is 27.7 Å². The molecule has 41 heavy (non-hydrogen) atoms. The van der Waals surface area contributed by atoms with E-state index in [1.807, 2.05) is 0 Å². The minimum Gasteiger partial charge on any atom is -0.373 e. The van der Waals surface area contributed by atoms with Gasteiger partial charge in [-0.3, -0.25) is 0 Å². The molecular formula is C26H46F8O7. The molecule has 0 aromatic rings. The highest BCUT2D eigenvalue weighted by Crippen LogP contribution is 2.39. The van der Waals surface area contributed by atoms with Crippen LogP contribution in [0.25, 0.3) is 0 Å². The molecule has 6 unspecified atom stereocenters. The second kappa shape index (κ2) is 18.1. The Bertz CT molecular complexity index is 703. The molecule has 248 valence electrons. The molecule has 0 saturated carbocycles. The zero-order valence-electron chi connectivity index (χ0n) is 25.0. The van der Waals surface area contributed by atoms with Crippen molar-refractivity contribution in [3.05, 3.63) is 0 Å². The van der Waals surface area contributed by atoms with Gasteiger partial charge in [0.15, 0.2) is 0 Å². The second-order valence-electron chi connectivity index (χ2n) is 10.1. The fourth-order valence-corrected chi connectivity index (χ4v) is 2.85. The standard InChI is InChI=1S/C26H46F8O7/c1-9-23(27,28)25(31,32)40-16-21(7)38-14-19(5)36-12-17(3)35-11-18(4)37-13-20(6)39-15-22(8)41-26(33,34)24(29,30)10-2/h17-22H,9-16H2,1-8H3. The number of rotatable bonds is 24.